The molecule has 146 valence electrons. The molecule has 0 aliphatic carbocycles. The van der Waals surface area contributed by atoms with Crippen molar-refractivity contribution in [3.05, 3.63) is 72.7 Å². The van der Waals surface area contributed by atoms with E-state index in [4.69, 9.17) is 0 Å². The molecule has 8 heteroatoms. The Kier molecular flexibility index (Phi) is 4.31. The highest BCUT2D eigenvalue weighted by atomic mass is 19.1. The molecule has 0 radical (unpaired) electrons. The summed E-state index contributed by atoms with van der Waals surface area (Å²) in [4.78, 5) is 13.1. The molecule has 2 aromatic heterocycles. The standard InChI is InChI=1S/C21H18F2N6/c22-15-5-7-16(8-6-15)29-21-17(13-26-29)20(24-14-25-21)28-11-9-27(10-12-28)19-4-2-1-3-18(19)23/h1-8,13-14H,9-12H2. The molecule has 0 unspecified atom stereocenters. The first-order valence-corrected chi connectivity index (χ1v) is 9.40. The number of aromatic nitrogens is 4. The number of benzene rings is 2. The van der Waals surface area contributed by atoms with Crippen molar-refractivity contribution in [2.24, 2.45) is 0 Å². The Morgan fingerprint density at radius 1 is 0.793 bits per heavy atom. The summed E-state index contributed by atoms with van der Waals surface area (Å²) in [6.45, 7) is 2.81. The lowest BCUT2D eigenvalue weighted by Crippen LogP contribution is -2.47. The van der Waals surface area contributed by atoms with Crippen LogP contribution < -0.4 is 9.80 Å². The van der Waals surface area contributed by atoms with Crippen LogP contribution in [0.1, 0.15) is 0 Å². The van der Waals surface area contributed by atoms with E-state index in [1.54, 1.807) is 35.1 Å². The van der Waals surface area contributed by atoms with Gasteiger partial charge in [-0.05, 0) is 36.4 Å². The van der Waals surface area contributed by atoms with Crippen LogP contribution in [-0.2, 0) is 0 Å². The van der Waals surface area contributed by atoms with Gasteiger partial charge < -0.3 is 9.80 Å². The number of nitrogens with zero attached hydrogens (tertiary/aromatic N) is 6. The third kappa shape index (κ3) is 3.16. The molecule has 0 atom stereocenters. The molecular formula is C21H18F2N6. The number of halogens is 2. The minimum Gasteiger partial charge on any atom is -0.366 e. The Hall–Kier alpha value is -3.55. The highest BCUT2D eigenvalue weighted by Gasteiger charge is 2.23. The fourth-order valence-electron chi connectivity index (χ4n) is 3.72. The molecule has 0 spiro atoms. The number of hydrogen-bond acceptors (Lipinski definition) is 5. The van der Waals surface area contributed by atoms with Crippen LogP contribution in [0, 0.1) is 11.6 Å². The third-order valence-corrected chi connectivity index (χ3v) is 5.19. The Bertz CT molecular complexity index is 1150. The molecule has 0 amide bonds. The van der Waals surface area contributed by atoms with Gasteiger partial charge in [-0.15, -0.1) is 0 Å². The van der Waals surface area contributed by atoms with E-state index in [9.17, 15) is 8.78 Å². The van der Waals surface area contributed by atoms with Crippen molar-refractivity contribution < 1.29 is 8.78 Å². The number of para-hydroxylation sites is 1. The SMILES string of the molecule is Fc1ccc(-n2ncc3c(N4CCN(c5ccccc5F)CC4)ncnc32)cc1. The summed E-state index contributed by atoms with van der Waals surface area (Å²) in [6, 6.07) is 13.0. The smallest absolute Gasteiger partial charge is 0.168 e. The third-order valence-electron chi connectivity index (χ3n) is 5.19. The van der Waals surface area contributed by atoms with Gasteiger partial charge in [0.15, 0.2) is 5.65 Å². The first-order chi connectivity index (χ1) is 14.2. The zero-order valence-corrected chi connectivity index (χ0v) is 15.5. The molecule has 1 fully saturated rings. The summed E-state index contributed by atoms with van der Waals surface area (Å²) < 4.78 is 29.0. The summed E-state index contributed by atoms with van der Waals surface area (Å²) in [5.74, 6) is 0.302. The van der Waals surface area contributed by atoms with Gasteiger partial charge in [-0.3, -0.25) is 0 Å². The van der Waals surface area contributed by atoms with Gasteiger partial charge in [0.2, 0.25) is 0 Å². The van der Waals surface area contributed by atoms with Gasteiger partial charge in [0.25, 0.3) is 0 Å². The first kappa shape index (κ1) is 17.5. The number of rotatable bonds is 3. The molecule has 1 aliphatic heterocycles. The second-order valence-corrected chi connectivity index (χ2v) is 6.89. The molecule has 2 aromatic carbocycles. The molecule has 4 aromatic rings. The van der Waals surface area contributed by atoms with E-state index in [1.165, 1.54) is 24.5 Å². The zero-order valence-electron chi connectivity index (χ0n) is 15.5. The fraction of sp³-hybridized carbons (Fsp3) is 0.190. The van der Waals surface area contributed by atoms with Gasteiger partial charge >= 0.3 is 0 Å². The highest BCUT2D eigenvalue weighted by molar-refractivity contribution is 5.87. The number of piperazine rings is 1. The minimum absolute atomic E-state index is 0.203. The molecule has 6 nitrogen and oxygen atoms in total. The van der Waals surface area contributed by atoms with E-state index in [2.05, 4.69) is 20.0 Å². The normalized spacial score (nSPS) is 14.6. The molecule has 29 heavy (non-hydrogen) atoms. The first-order valence-electron chi connectivity index (χ1n) is 9.40. The molecule has 1 saturated heterocycles. The van der Waals surface area contributed by atoms with Crippen LogP contribution >= 0.6 is 0 Å². The van der Waals surface area contributed by atoms with Crippen LogP contribution in [0.5, 0.6) is 0 Å². The summed E-state index contributed by atoms with van der Waals surface area (Å²) >= 11 is 0. The Balaban J connectivity index is 1.42. The maximum Gasteiger partial charge on any atom is 0.168 e. The lowest BCUT2D eigenvalue weighted by molar-refractivity contribution is 0.596. The molecule has 1 aliphatic rings. The van der Waals surface area contributed by atoms with Gasteiger partial charge in [0, 0.05) is 26.2 Å². The second-order valence-electron chi connectivity index (χ2n) is 6.89. The van der Waals surface area contributed by atoms with Gasteiger partial charge in [0.1, 0.15) is 23.8 Å². The predicted octanol–water partition coefficient (Wildman–Crippen LogP) is 3.42. The van der Waals surface area contributed by atoms with Crippen molar-refractivity contribution in [2.75, 3.05) is 36.0 Å². The van der Waals surface area contributed by atoms with Crippen molar-refractivity contribution in [2.45, 2.75) is 0 Å². The lowest BCUT2D eigenvalue weighted by Gasteiger charge is -2.36. The Morgan fingerprint density at radius 2 is 1.52 bits per heavy atom. The predicted molar refractivity (Wildman–Crippen MR) is 107 cm³/mol. The lowest BCUT2D eigenvalue weighted by atomic mass is 10.2. The van der Waals surface area contributed by atoms with Crippen LogP contribution in [0.2, 0.25) is 0 Å². The maximum atomic E-state index is 14.1. The summed E-state index contributed by atoms with van der Waals surface area (Å²) in [5.41, 5.74) is 2.03. The summed E-state index contributed by atoms with van der Waals surface area (Å²) in [5, 5.41) is 5.26. The molecule has 0 saturated carbocycles. The molecule has 3 heterocycles. The van der Waals surface area contributed by atoms with Crippen LogP contribution in [0.25, 0.3) is 16.7 Å². The van der Waals surface area contributed by atoms with Gasteiger partial charge in [-0.25, -0.2) is 23.4 Å². The van der Waals surface area contributed by atoms with Gasteiger partial charge in [-0.1, -0.05) is 12.1 Å². The summed E-state index contributed by atoms with van der Waals surface area (Å²) in [7, 11) is 0. The largest absolute Gasteiger partial charge is 0.366 e. The average molecular weight is 392 g/mol. The Morgan fingerprint density at radius 3 is 2.28 bits per heavy atom. The molecule has 0 N–H and O–H groups in total. The Labute approximate surface area is 166 Å². The van der Waals surface area contributed by atoms with Crippen molar-refractivity contribution in [3.63, 3.8) is 0 Å². The number of fused-ring (bicyclic) bond motifs is 1. The molecule has 0 bridgehead atoms. The van der Waals surface area contributed by atoms with Crippen molar-refractivity contribution in [1.82, 2.24) is 19.7 Å². The summed E-state index contributed by atoms with van der Waals surface area (Å²) in [6.07, 6.45) is 3.25. The highest BCUT2D eigenvalue weighted by Crippen LogP contribution is 2.27. The van der Waals surface area contributed by atoms with Crippen molar-refractivity contribution in [1.29, 1.82) is 0 Å². The van der Waals surface area contributed by atoms with Gasteiger partial charge in [0.05, 0.1) is 23.0 Å². The van der Waals surface area contributed by atoms with E-state index >= 15 is 0 Å². The molecule has 5 rings (SSSR count). The minimum atomic E-state index is -0.298. The fourth-order valence-corrected chi connectivity index (χ4v) is 3.72. The van der Waals surface area contributed by atoms with Crippen LogP contribution in [0.3, 0.4) is 0 Å². The maximum absolute atomic E-state index is 14.1. The van der Waals surface area contributed by atoms with Crippen molar-refractivity contribution in [3.8, 4) is 5.69 Å². The van der Waals surface area contributed by atoms with E-state index in [-0.39, 0.29) is 11.6 Å². The second kappa shape index (κ2) is 7.12. The molecular weight excluding hydrogens is 374 g/mol. The van der Waals surface area contributed by atoms with Gasteiger partial charge in [-0.2, -0.15) is 5.10 Å². The number of anilines is 2. The quantitative estimate of drug-likeness (QED) is 0.535. The van der Waals surface area contributed by atoms with E-state index in [0.717, 1.165) is 16.9 Å². The van der Waals surface area contributed by atoms with Crippen molar-refractivity contribution >= 4 is 22.5 Å². The monoisotopic (exact) mass is 392 g/mol. The zero-order chi connectivity index (χ0) is 19.8. The van der Waals surface area contributed by atoms with Crippen LogP contribution in [0.4, 0.5) is 20.3 Å². The van der Waals surface area contributed by atoms with Crippen LogP contribution in [0.15, 0.2) is 61.1 Å². The van der Waals surface area contributed by atoms with E-state index < -0.39 is 0 Å². The van der Waals surface area contributed by atoms with E-state index in [0.29, 0.717) is 37.5 Å². The number of hydrogen-bond donors (Lipinski definition) is 0. The van der Waals surface area contributed by atoms with Crippen LogP contribution in [-0.4, -0.2) is 45.9 Å². The van der Waals surface area contributed by atoms with E-state index in [1.807, 2.05) is 11.0 Å². The average Bonchev–Trinajstić information content (AvgIpc) is 3.19. The topological polar surface area (TPSA) is 50.1 Å².